The standard InChI is InChI=1S/C23H20FN3O5/c1-11-5-6-16(24)18(7-11)31-23-25-10-17-21(27-23)32-20(26-17)15-8-12(2)19(13(3)9-15)30-14(4)22(28)29/h5-10,14H,1-4H3,(H,28,29). The number of rotatable bonds is 6. The third-order valence-corrected chi connectivity index (χ3v) is 4.77. The van der Waals surface area contributed by atoms with Gasteiger partial charge in [-0.1, -0.05) is 6.07 Å². The second-order valence-corrected chi connectivity index (χ2v) is 7.44. The third kappa shape index (κ3) is 4.22. The van der Waals surface area contributed by atoms with E-state index in [2.05, 4.69) is 15.0 Å². The Morgan fingerprint density at radius 2 is 1.84 bits per heavy atom. The van der Waals surface area contributed by atoms with Gasteiger partial charge in [0, 0.05) is 5.56 Å². The second-order valence-electron chi connectivity index (χ2n) is 7.44. The molecule has 4 aromatic rings. The van der Waals surface area contributed by atoms with Crippen molar-refractivity contribution in [3.63, 3.8) is 0 Å². The number of aromatic nitrogens is 3. The Kier molecular flexibility index (Phi) is 5.48. The van der Waals surface area contributed by atoms with Crippen LogP contribution < -0.4 is 9.47 Å². The Hall–Kier alpha value is -4.01. The fraction of sp³-hybridized carbons (Fsp3) is 0.217. The molecule has 4 rings (SSSR count). The highest BCUT2D eigenvalue weighted by Crippen LogP contribution is 2.32. The Labute approximate surface area is 182 Å². The molecule has 0 spiro atoms. The van der Waals surface area contributed by atoms with Gasteiger partial charge >= 0.3 is 12.0 Å². The summed E-state index contributed by atoms with van der Waals surface area (Å²) in [6.45, 7) is 6.91. The number of carbonyl (C=O) groups is 1. The second kappa shape index (κ2) is 8.26. The summed E-state index contributed by atoms with van der Waals surface area (Å²) < 4.78 is 30.8. The van der Waals surface area contributed by atoms with E-state index in [0.29, 0.717) is 22.7 Å². The number of fused-ring (bicyclic) bond motifs is 1. The molecule has 2 aromatic carbocycles. The van der Waals surface area contributed by atoms with Crippen molar-refractivity contribution in [2.45, 2.75) is 33.8 Å². The lowest BCUT2D eigenvalue weighted by atomic mass is 10.1. The molecule has 0 amide bonds. The van der Waals surface area contributed by atoms with Gasteiger partial charge in [0.2, 0.25) is 5.89 Å². The van der Waals surface area contributed by atoms with Gasteiger partial charge in [0.15, 0.2) is 17.7 Å². The van der Waals surface area contributed by atoms with Gasteiger partial charge in [-0.25, -0.2) is 19.2 Å². The van der Waals surface area contributed by atoms with E-state index in [-0.39, 0.29) is 17.5 Å². The van der Waals surface area contributed by atoms with E-state index in [4.69, 9.17) is 19.0 Å². The molecule has 0 aliphatic heterocycles. The van der Waals surface area contributed by atoms with Gasteiger partial charge in [0.1, 0.15) is 11.3 Å². The van der Waals surface area contributed by atoms with Crippen LogP contribution in [0.3, 0.4) is 0 Å². The number of hydrogen-bond acceptors (Lipinski definition) is 7. The first-order valence-corrected chi connectivity index (χ1v) is 9.80. The molecule has 2 aromatic heterocycles. The van der Waals surface area contributed by atoms with E-state index >= 15 is 0 Å². The van der Waals surface area contributed by atoms with Crippen molar-refractivity contribution in [2.75, 3.05) is 0 Å². The summed E-state index contributed by atoms with van der Waals surface area (Å²) in [6.07, 6.45) is 0.457. The van der Waals surface area contributed by atoms with E-state index in [1.807, 2.05) is 20.8 Å². The van der Waals surface area contributed by atoms with Crippen molar-refractivity contribution in [2.24, 2.45) is 0 Å². The Morgan fingerprint density at radius 3 is 2.53 bits per heavy atom. The zero-order valence-electron chi connectivity index (χ0n) is 17.8. The average molecular weight is 437 g/mol. The zero-order valence-corrected chi connectivity index (χ0v) is 17.8. The van der Waals surface area contributed by atoms with E-state index < -0.39 is 17.9 Å². The fourth-order valence-electron chi connectivity index (χ4n) is 3.17. The van der Waals surface area contributed by atoms with Gasteiger partial charge in [0.05, 0.1) is 6.20 Å². The van der Waals surface area contributed by atoms with Gasteiger partial charge in [-0.3, -0.25) is 0 Å². The SMILES string of the molecule is Cc1ccc(F)c(Oc2ncc3nc(-c4cc(C)c(OC(C)C(=O)O)c(C)c4)oc3n2)c1. The first kappa shape index (κ1) is 21.2. The summed E-state index contributed by atoms with van der Waals surface area (Å²) in [7, 11) is 0. The predicted molar refractivity (Wildman–Crippen MR) is 113 cm³/mol. The Balaban J connectivity index is 1.64. The highest BCUT2D eigenvalue weighted by Gasteiger charge is 2.18. The molecule has 9 heteroatoms. The molecule has 1 unspecified atom stereocenters. The number of carboxylic acid groups (broad SMARTS) is 1. The molecule has 32 heavy (non-hydrogen) atoms. The summed E-state index contributed by atoms with van der Waals surface area (Å²) in [4.78, 5) is 23.8. The first-order chi connectivity index (χ1) is 15.2. The minimum atomic E-state index is -1.05. The predicted octanol–water partition coefficient (Wildman–Crippen LogP) is 4.99. The number of ether oxygens (including phenoxy) is 2. The average Bonchev–Trinajstić information content (AvgIpc) is 3.16. The van der Waals surface area contributed by atoms with Crippen LogP contribution >= 0.6 is 0 Å². The van der Waals surface area contributed by atoms with Crippen LogP contribution in [0.4, 0.5) is 4.39 Å². The number of oxazole rings is 1. The molecule has 0 aliphatic carbocycles. The van der Waals surface area contributed by atoms with Gasteiger partial charge in [0.25, 0.3) is 5.71 Å². The monoisotopic (exact) mass is 437 g/mol. The largest absolute Gasteiger partial charge is 0.479 e. The molecule has 164 valence electrons. The number of carboxylic acids is 1. The van der Waals surface area contributed by atoms with Crippen LogP contribution in [0.5, 0.6) is 17.5 Å². The minimum Gasteiger partial charge on any atom is -0.479 e. The number of nitrogens with zero attached hydrogens (tertiary/aromatic N) is 3. The van der Waals surface area contributed by atoms with Gasteiger partial charge in [-0.2, -0.15) is 4.98 Å². The van der Waals surface area contributed by atoms with Crippen LogP contribution in [-0.4, -0.2) is 32.1 Å². The lowest BCUT2D eigenvalue weighted by Crippen LogP contribution is -2.23. The minimum absolute atomic E-state index is 0.0153. The highest BCUT2D eigenvalue weighted by molar-refractivity contribution is 5.74. The lowest BCUT2D eigenvalue weighted by molar-refractivity contribution is -0.144. The van der Waals surface area contributed by atoms with Gasteiger partial charge in [-0.15, -0.1) is 0 Å². The van der Waals surface area contributed by atoms with Crippen molar-refractivity contribution in [3.8, 4) is 29.0 Å². The molecule has 0 bridgehead atoms. The van der Waals surface area contributed by atoms with E-state index in [1.165, 1.54) is 19.2 Å². The molecule has 1 atom stereocenters. The van der Waals surface area contributed by atoms with Crippen molar-refractivity contribution >= 4 is 17.2 Å². The van der Waals surface area contributed by atoms with Crippen LogP contribution in [0, 0.1) is 26.6 Å². The van der Waals surface area contributed by atoms with Gasteiger partial charge in [-0.05, 0) is 68.7 Å². The number of aryl methyl sites for hydroxylation is 3. The molecule has 1 N–H and O–H groups in total. The Bertz CT molecular complexity index is 1310. The van der Waals surface area contributed by atoms with Crippen LogP contribution in [0.1, 0.15) is 23.6 Å². The van der Waals surface area contributed by atoms with E-state index in [0.717, 1.165) is 16.7 Å². The van der Waals surface area contributed by atoms with Crippen LogP contribution in [0.2, 0.25) is 0 Å². The van der Waals surface area contributed by atoms with Crippen LogP contribution in [0.15, 0.2) is 40.9 Å². The molecule has 0 saturated heterocycles. The Morgan fingerprint density at radius 1 is 1.12 bits per heavy atom. The third-order valence-electron chi connectivity index (χ3n) is 4.77. The molecular formula is C23H20FN3O5. The maximum atomic E-state index is 14.0. The van der Waals surface area contributed by atoms with Crippen LogP contribution in [0.25, 0.3) is 22.7 Å². The zero-order chi connectivity index (χ0) is 23.0. The maximum Gasteiger partial charge on any atom is 0.344 e. The van der Waals surface area contributed by atoms with Gasteiger partial charge < -0.3 is 19.0 Å². The maximum absolute atomic E-state index is 14.0. The highest BCUT2D eigenvalue weighted by atomic mass is 19.1. The summed E-state index contributed by atoms with van der Waals surface area (Å²) in [5.74, 6) is -0.758. The van der Waals surface area contributed by atoms with Crippen LogP contribution in [-0.2, 0) is 4.79 Å². The summed E-state index contributed by atoms with van der Waals surface area (Å²) in [5.41, 5.74) is 3.57. The summed E-state index contributed by atoms with van der Waals surface area (Å²) in [6, 6.07) is 8.00. The van der Waals surface area contributed by atoms with Crippen molar-refractivity contribution in [1.29, 1.82) is 0 Å². The molecule has 8 nitrogen and oxygen atoms in total. The lowest BCUT2D eigenvalue weighted by Gasteiger charge is -2.16. The molecule has 0 aliphatic rings. The smallest absolute Gasteiger partial charge is 0.344 e. The number of halogens is 1. The summed E-state index contributed by atoms with van der Waals surface area (Å²) in [5, 5.41) is 9.09. The topological polar surface area (TPSA) is 108 Å². The molecule has 0 fully saturated rings. The number of benzene rings is 2. The molecule has 0 saturated carbocycles. The van der Waals surface area contributed by atoms with Crippen molar-refractivity contribution < 1.29 is 28.2 Å². The fourth-order valence-corrected chi connectivity index (χ4v) is 3.17. The van der Waals surface area contributed by atoms with Crippen molar-refractivity contribution in [3.05, 3.63) is 59.0 Å². The number of aliphatic carboxylic acids is 1. The number of hydrogen-bond donors (Lipinski definition) is 1. The van der Waals surface area contributed by atoms with E-state index in [9.17, 15) is 9.18 Å². The summed E-state index contributed by atoms with van der Waals surface area (Å²) >= 11 is 0. The van der Waals surface area contributed by atoms with Crippen molar-refractivity contribution in [1.82, 2.24) is 15.0 Å². The molecule has 0 radical (unpaired) electrons. The molecular weight excluding hydrogens is 417 g/mol. The quantitative estimate of drug-likeness (QED) is 0.449. The normalized spacial score (nSPS) is 12.0. The first-order valence-electron chi connectivity index (χ1n) is 9.80. The molecule has 2 heterocycles. The van der Waals surface area contributed by atoms with E-state index in [1.54, 1.807) is 24.3 Å².